The van der Waals surface area contributed by atoms with Crippen molar-refractivity contribution >= 4 is 11.0 Å². The number of nitrogens with zero attached hydrogens (tertiary/aromatic N) is 2. The summed E-state index contributed by atoms with van der Waals surface area (Å²) in [6, 6.07) is 6.48. The first-order valence-corrected chi connectivity index (χ1v) is 5.83. The molecule has 0 saturated heterocycles. The van der Waals surface area contributed by atoms with Crippen LogP contribution < -0.4 is 0 Å². The third-order valence-corrected chi connectivity index (χ3v) is 2.99. The van der Waals surface area contributed by atoms with E-state index >= 15 is 0 Å². The molecule has 2 aromatic rings. The van der Waals surface area contributed by atoms with Crippen molar-refractivity contribution in [3.63, 3.8) is 0 Å². The molecule has 0 aliphatic rings. The molecule has 0 spiro atoms. The van der Waals surface area contributed by atoms with Crippen molar-refractivity contribution in [1.29, 1.82) is 0 Å². The smallest absolute Gasteiger partial charge is 0.104 e. The minimum absolute atomic E-state index is 0.984. The van der Waals surface area contributed by atoms with Crippen molar-refractivity contribution in [1.82, 2.24) is 14.9 Å². The van der Waals surface area contributed by atoms with Crippen molar-refractivity contribution in [2.75, 3.05) is 20.1 Å². The second-order valence-electron chi connectivity index (χ2n) is 4.32. The maximum atomic E-state index is 4.40. The molecule has 0 bridgehead atoms. The van der Waals surface area contributed by atoms with Gasteiger partial charge in [0.25, 0.3) is 0 Å². The summed E-state index contributed by atoms with van der Waals surface area (Å²) >= 11 is 0. The third kappa shape index (κ3) is 2.42. The van der Waals surface area contributed by atoms with Crippen LogP contribution in [0.3, 0.4) is 0 Å². The second-order valence-corrected chi connectivity index (χ2v) is 4.32. The number of aromatic nitrogens is 2. The lowest BCUT2D eigenvalue weighted by Gasteiger charge is -2.13. The largest absolute Gasteiger partial charge is 0.342 e. The zero-order valence-corrected chi connectivity index (χ0v) is 10.2. The fraction of sp³-hybridized carbons (Fsp3) is 0.462. The number of likely N-dealkylation sites (N-methyl/N-ethyl adjacent to an activating group) is 1. The van der Waals surface area contributed by atoms with Crippen LogP contribution in [0.5, 0.6) is 0 Å². The van der Waals surface area contributed by atoms with Crippen molar-refractivity contribution < 1.29 is 0 Å². The molecule has 1 N–H and O–H groups in total. The number of aryl methyl sites for hydroxylation is 1. The number of H-pyrrole nitrogens is 1. The topological polar surface area (TPSA) is 31.9 Å². The van der Waals surface area contributed by atoms with Gasteiger partial charge in [-0.25, -0.2) is 4.98 Å². The first-order valence-electron chi connectivity index (χ1n) is 5.83. The van der Waals surface area contributed by atoms with Crippen molar-refractivity contribution in [3.8, 4) is 0 Å². The van der Waals surface area contributed by atoms with Gasteiger partial charge in [-0.2, -0.15) is 0 Å². The molecule has 0 atom stereocenters. The summed E-state index contributed by atoms with van der Waals surface area (Å²) in [5.41, 5.74) is 3.58. The van der Waals surface area contributed by atoms with Gasteiger partial charge in [-0.05, 0) is 44.6 Å². The molecule has 1 aromatic carbocycles. The lowest BCUT2D eigenvalue weighted by molar-refractivity contribution is 0.357. The van der Waals surface area contributed by atoms with Crippen LogP contribution in [0.2, 0.25) is 0 Å². The van der Waals surface area contributed by atoms with Crippen molar-refractivity contribution in [2.45, 2.75) is 20.3 Å². The molecule has 0 radical (unpaired) electrons. The summed E-state index contributed by atoms with van der Waals surface area (Å²) < 4.78 is 0. The summed E-state index contributed by atoms with van der Waals surface area (Å²) in [6.07, 6.45) is 1.10. The van der Waals surface area contributed by atoms with E-state index in [1.165, 1.54) is 5.56 Å². The normalized spacial score (nSPS) is 11.5. The van der Waals surface area contributed by atoms with Crippen molar-refractivity contribution in [2.24, 2.45) is 0 Å². The number of aromatic amines is 1. The van der Waals surface area contributed by atoms with E-state index in [-0.39, 0.29) is 0 Å². The van der Waals surface area contributed by atoms with Crippen LogP contribution in [0.1, 0.15) is 18.3 Å². The quantitative estimate of drug-likeness (QED) is 0.852. The average Bonchev–Trinajstić information content (AvgIpc) is 2.65. The van der Waals surface area contributed by atoms with Crippen molar-refractivity contribution in [3.05, 3.63) is 29.6 Å². The number of rotatable bonds is 4. The summed E-state index contributed by atoms with van der Waals surface area (Å²) in [5, 5.41) is 0. The number of hydrogen-bond acceptors (Lipinski definition) is 2. The third-order valence-electron chi connectivity index (χ3n) is 2.99. The highest BCUT2D eigenvalue weighted by atomic mass is 15.1. The van der Waals surface area contributed by atoms with E-state index in [4.69, 9.17) is 0 Å². The van der Waals surface area contributed by atoms with Crippen LogP contribution in [0.4, 0.5) is 0 Å². The van der Waals surface area contributed by atoms with Gasteiger partial charge in [0.1, 0.15) is 5.82 Å². The first kappa shape index (κ1) is 11.1. The Labute approximate surface area is 96.5 Å². The maximum absolute atomic E-state index is 4.40. The van der Waals surface area contributed by atoms with Gasteiger partial charge in [0.15, 0.2) is 0 Å². The van der Waals surface area contributed by atoms with E-state index in [0.29, 0.717) is 0 Å². The Hall–Kier alpha value is -1.35. The van der Waals surface area contributed by atoms with Crippen LogP contribution in [-0.4, -0.2) is 35.0 Å². The number of imidazole rings is 1. The lowest BCUT2D eigenvalue weighted by atomic mass is 10.1. The van der Waals surface area contributed by atoms with Gasteiger partial charge in [-0.1, -0.05) is 13.0 Å². The Morgan fingerprint density at radius 1 is 1.38 bits per heavy atom. The molecule has 0 aliphatic heterocycles. The molecule has 86 valence electrons. The van der Waals surface area contributed by atoms with Gasteiger partial charge in [0.05, 0.1) is 11.0 Å². The van der Waals surface area contributed by atoms with E-state index in [1.807, 2.05) is 6.92 Å². The van der Waals surface area contributed by atoms with E-state index in [1.54, 1.807) is 0 Å². The molecule has 0 fully saturated rings. The van der Waals surface area contributed by atoms with Gasteiger partial charge < -0.3 is 9.88 Å². The highest BCUT2D eigenvalue weighted by molar-refractivity contribution is 5.75. The summed E-state index contributed by atoms with van der Waals surface area (Å²) in [5.74, 6) is 0.984. The molecule has 16 heavy (non-hydrogen) atoms. The number of fused-ring (bicyclic) bond motifs is 1. The fourth-order valence-electron chi connectivity index (χ4n) is 1.82. The monoisotopic (exact) mass is 217 g/mol. The molecular weight excluding hydrogens is 198 g/mol. The molecule has 0 amide bonds. The minimum Gasteiger partial charge on any atom is -0.342 e. The molecule has 1 heterocycles. The summed E-state index contributed by atoms with van der Waals surface area (Å²) in [4.78, 5) is 10.00. The average molecular weight is 217 g/mol. The predicted octanol–water partition coefficient (Wildman–Crippen LogP) is 2.37. The zero-order valence-electron chi connectivity index (χ0n) is 10.2. The van der Waals surface area contributed by atoms with Crippen LogP contribution in [0.15, 0.2) is 18.2 Å². The van der Waals surface area contributed by atoms with Gasteiger partial charge in [-0.15, -0.1) is 0 Å². The van der Waals surface area contributed by atoms with Gasteiger partial charge in [0.2, 0.25) is 0 Å². The van der Waals surface area contributed by atoms with E-state index < -0.39 is 0 Å². The standard InChI is InChI=1S/C13H19N3/c1-4-16(3)8-7-11-5-6-12-13(9-11)15-10(2)14-12/h5-6,9H,4,7-8H2,1-3H3,(H,14,15). The maximum Gasteiger partial charge on any atom is 0.104 e. The highest BCUT2D eigenvalue weighted by Crippen LogP contribution is 2.14. The molecule has 1 aromatic heterocycles. The predicted molar refractivity (Wildman–Crippen MR) is 67.7 cm³/mol. The summed E-state index contributed by atoms with van der Waals surface area (Å²) in [7, 11) is 2.15. The molecule has 0 aliphatic carbocycles. The van der Waals surface area contributed by atoms with Crippen LogP contribution >= 0.6 is 0 Å². The second kappa shape index (κ2) is 4.66. The Morgan fingerprint density at radius 2 is 2.19 bits per heavy atom. The van der Waals surface area contributed by atoms with Crippen LogP contribution in [0, 0.1) is 6.92 Å². The van der Waals surface area contributed by atoms with E-state index in [2.05, 4.69) is 47.0 Å². The molecular formula is C13H19N3. The Bertz CT molecular complexity index is 473. The number of nitrogens with one attached hydrogen (secondary N) is 1. The van der Waals surface area contributed by atoms with Crippen LogP contribution in [0.25, 0.3) is 11.0 Å². The molecule has 2 rings (SSSR count). The highest BCUT2D eigenvalue weighted by Gasteiger charge is 2.01. The SMILES string of the molecule is CCN(C)CCc1ccc2nc(C)[nH]c2c1. The van der Waals surface area contributed by atoms with Gasteiger partial charge in [-0.3, -0.25) is 0 Å². The van der Waals surface area contributed by atoms with Gasteiger partial charge >= 0.3 is 0 Å². The lowest BCUT2D eigenvalue weighted by Crippen LogP contribution is -2.20. The fourth-order valence-corrected chi connectivity index (χ4v) is 1.82. The Kier molecular flexibility index (Phi) is 3.25. The number of hydrogen-bond donors (Lipinski definition) is 1. The molecule has 3 nitrogen and oxygen atoms in total. The molecule has 3 heteroatoms. The zero-order chi connectivity index (χ0) is 11.5. The van der Waals surface area contributed by atoms with Gasteiger partial charge in [0, 0.05) is 6.54 Å². The number of benzene rings is 1. The van der Waals surface area contributed by atoms with E-state index in [9.17, 15) is 0 Å². The Morgan fingerprint density at radius 3 is 2.94 bits per heavy atom. The summed E-state index contributed by atoms with van der Waals surface area (Å²) in [6.45, 7) is 6.38. The van der Waals surface area contributed by atoms with E-state index in [0.717, 1.165) is 36.4 Å². The van der Waals surface area contributed by atoms with Crippen LogP contribution in [-0.2, 0) is 6.42 Å². The molecule has 0 unspecified atom stereocenters. The molecule has 0 saturated carbocycles. The Balaban J connectivity index is 2.13. The minimum atomic E-state index is 0.984. The first-order chi connectivity index (χ1) is 7.69.